The SMILES string of the molecule is O=C(Nc1nc(C(=O)N2CCC3(CC2)OCCO3)co1)c1ccccc1. The second-order valence-corrected chi connectivity index (χ2v) is 6.26. The molecule has 0 bridgehead atoms. The minimum atomic E-state index is -0.532. The molecule has 2 saturated heterocycles. The summed E-state index contributed by atoms with van der Waals surface area (Å²) in [6, 6.07) is 8.71. The van der Waals surface area contributed by atoms with Gasteiger partial charge in [-0.05, 0) is 12.1 Å². The van der Waals surface area contributed by atoms with Crippen molar-refractivity contribution in [1.29, 1.82) is 0 Å². The van der Waals surface area contributed by atoms with E-state index in [2.05, 4.69) is 10.3 Å². The van der Waals surface area contributed by atoms with E-state index in [1.54, 1.807) is 29.2 Å². The van der Waals surface area contributed by atoms with E-state index in [9.17, 15) is 9.59 Å². The molecule has 8 heteroatoms. The predicted octanol–water partition coefficient (Wildman–Crippen LogP) is 1.91. The lowest BCUT2D eigenvalue weighted by molar-refractivity contribution is -0.181. The van der Waals surface area contributed by atoms with E-state index in [4.69, 9.17) is 13.9 Å². The zero-order valence-electron chi connectivity index (χ0n) is 14.1. The maximum atomic E-state index is 12.6. The van der Waals surface area contributed by atoms with Crippen molar-refractivity contribution in [3.8, 4) is 0 Å². The molecule has 2 aromatic rings. The lowest BCUT2D eigenvalue weighted by Gasteiger charge is -2.37. The number of nitrogens with one attached hydrogen (secondary N) is 1. The first kappa shape index (κ1) is 16.7. The van der Waals surface area contributed by atoms with Crippen LogP contribution >= 0.6 is 0 Å². The summed E-state index contributed by atoms with van der Waals surface area (Å²) in [6.45, 7) is 2.25. The van der Waals surface area contributed by atoms with E-state index >= 15 is 0 Å². The molecular weight excluding hydrogens is 338 g/mol. The Bertz CT molecular complexity index is 788. The molecule has 2 aliphatic heterocycles. The van der Waals surface area contributed by atoms with Crippen LogP contribution in [0.4, 0.5) is 6.01 Å². The zero-order chi connectivity index (χ0) is 18.0. The minimum absolute atomic E-state index is 0.00172. The summed E-state index contributed by atoms with van der Waals surface area (Å²) in [4.78, 5) is 30.5. The molecule has 4 rings (SSSR count). The fourth-order valence-corrected chi connectivity index (χ4v) is 3.19. The number of amides is 2. The molecule has 0 saturated carbocycles. The van der Waals surface area contributed by atoms with Crippen molar-refractivity contribution in [3.05, 3.63) is 47.9 Å². The highest BCUT2D eigenvalue weighted by molar-refractivity contribution is 6.03. The Hall–Kier alpha value is -2.71. The number of aromatic nitrogens is 1. The van der Waals surface area contributed by atoms with Crippen LogP contribution < -0.4 is 5.32 Å². The van der Waals surface area contributed by atoms with Gasteiger partial charge in [0.2, 0.25) is 0 Å². The fraction of sp³-hybridized carbons (Fsp3) is 0.389. The molecule has 1 aromatic carbocycles. The van der Waals surface area contributed by atoms with Crippen LogP contribution in [0.5, 0.6) is 0 Å². The highest BCUT2D eigenvalue weighted by Crippen LogP contribution is 2.31. The molecule has 136 valence electrons. The number of rotatable bonds is 3. The average Bonchev–Trinajstić information content (AvgIpc) is 3.33. The molecule has 1 aromatic heterocycles. The topological polar surface area (TPSA) is 93.9 Å². The van der Waals surface area contributed by atoms with Crippen LogP contribution in [-0.4, -0.2) is 53.8 Å². The summed E-state index contributed by atoms with van der Waals surface area (Å²) in [5.41, 5.74) is 0.647. The summed E-state index contributed by atoms with van der Waals surface area (Å²) < 4.78 is 16.5. The van der Waals surface area contributed by atoms with Crippen LogP contribution in [0.2, 0.25) is 0 Å². The molecule has 2 aliphatic rings. The number of benzene rings is 1. The largest absolute Gasteiger partial charge is 0.431 e. The van der Waals surface area contributed by atoms with Gasteiger partial charge in [-0.1, -0.05) is 18.2 Å². The number of hydrogen-bond donors (Lipinski definition) is 1. The first-order chi connectivity index (χ1) is 12.7. The van der Waals surface area contributed by atoms with Crippen molar-refractivity contribution in [2.24, 2.45) is 0 Å². The number of carbonyl (C=O) groups excluding carboxylic acids is 2. The van der Waals surface area contributed by atoms with Gasteiger partial charge >= 0.3 is 6.01 Å². The van der Waals surface area contributed by atoms with Gasteiger partial charge in [0.15, 0.2) is 11.5 Å². The normalized spacial score (nSPS) is 18.8. The molecule has 0 aliphatic carbocycles. The number of hydrogen-bond acceptors (Lipinski definition) is 6. The van der Waals surface area contributed by atoms with E-state index in [-0.39, 0.29) is 23.5 Å². The number of oxazole rings is 1. The van der Waals surface area contributed by atoms with Crippen LogP contribution in [0.3, 0.4) is 0 Å². The van der Waals surface area contributed by atoms with Crippen molar-refractivity contribution < 1.29 is 23.5 Å². The molecule has 1 spiro atoms. The summed E-state index contributed by atoms with van der Waals surface area (Å²) in [5, 5.41) is 2.55. The van der Waals surface area contributed by atoms with Gasteiger partial charge in [-0.15, -0.1) is 0 Å². The lowest BCUT2D eigenvalue weighted by atomic mass is 10.0. The van der Waals surface area contributed by atoms with Gasteiger partial charge in [0.1, 0.15) is 6.26 Å². The van der Waals surface area contributed by atoms with Gasteiger partial charge < -0.3 is 18.8 Å². The Balaban J connectivity index is 1.37. The monoisotopic (exact) mass is 357 g/mol. The average molecular weight is 357 g/mol. The van der Waals surface area contributed by atoms with E-state index in [0.29, 0.717) is 44.7 Å². The van der Waals surface area contributed by atoms with Crippen LogP contribution in [0, 0.1) is 0 Å². The van der Waals surface area contributed by atoms with Crippen molar-refractivity contribution in [3.63, 3.8) is 0 Å². The molecule has 0 atom stereocenters. The summed E-state index contributed by atoms with van der Waals surface area (Å²) in [5.74, 6) is -1.11. The predicted molar refractivity (Wildman–Crippen MR) is 90.7 cm³/mol. The van der Waals surface area contributed by atoms with Crippen molar-refractivity contribution >= 4 is 17.8 Å². The van der Waals surface area contributed by atoms with E-state index < -0.39 is 5.79 Å². The third-order valence-electron chi connectivity index (χ3n) is 4.61. The van der Waals surface area contributed by atoms with Gasteiger partial charge in [0.25, 0.3) is 11.8 Å². The first-order valence-corrected chi connectivity index (χ1v) is 8.54. The molecule has 2 fully saturated rings. The summed E-state index contributed by atoms with van der Waals surface area (Å²) >= 11 is 0. The van der Waals surface area contributed by atoms with Crippen molar-refractivity contribution in [2.75, 3.05) is 31.6 Å². The molecule has 26 heavy (non-hydrogen) atoms. The second-order valence-electron chi connectivity index (χ2n) is 6.26. The zero-order valence-corrected chi connectivity index (χ0v) is 14.1. The van der Waals surface area contributed by atoms with Gasteiger partial charge in [0.05, 0.1) is 13.2 Å². The number of ether oxygens (including phenoxy) is 2. The smallest absolute Gasteiger partial charge is 0.302 e. The number of nitrogens with zero attached hydrogens (tertiary/aromatic N) is 2. The Kier molecular flexibility index (Phi) is 4.44. The minimum Gasteiger partial charge on any atom is -0.431 e. The van der Waals surface area contributed by atoms with Crippen LogP contribution in [-0.2, 0) is 9.47 Å². The van der Waals surface area contributed by atoms with E-state index in [0.717, 1.165) is 0 Å². The van der Waals surface area contributed by atoms with E-state index in [1.165, 1.54) is 6.26 Å². The molecule has 8 nitrogen and oxygen atoms in total. The molecule has 3 heterocycles. The van der Waals surface area contributed by atoms with Crippen LogP contribution in [0.15, 0.2) is 41.0 Å². The third-order valence-corrected chi connectivity index (χ3v) is 4.61. The highest BCUT2D eigenvalue weighted by Gasteiger charge is 2.41. The van der Waals surface area contributed by atoms with Crippen LogP contribution in [0.25, 0.3) is 0 Å². The molecule has 0 radical (unpaired) electrons. The summed E-state index contributed by atoms with van der Waals surface area (Å²) in [6.07, 6.45) is 2.53. The fourth-order valence-electron chi connectivity index (χ4n) is 3.19. The van der Waals surface area contributed by atoms with Crippen LogP contribution in [0.1, 0.15) is 33.7 Å². The molecular formula is C18H19N3O5. The standard InChI is InChI=1S/C18H19N3O5/c22-15(13-4-2-1-3-5-13)20-17-19-14(12-24-17)16(23)21-8-6-18(7-9-21)25-10-11-26-18/h1-5,12H,6-11H2,(H,19,20,22). The van der Waals surface area contributed by atoms with E-state index in [1.807, 2.05) is 6.07 Å². The van der Waals surface area contributed by atoms with Crippen molar-refractivity contribution in [2.45, 2.75) is 18.6 Å². The Morgan fingerprint density at radius 2 is 1.77 bits per heavy atom. The first-order valence-electron chi connectivity index (χ1n) is 8.54. The molecule has 2 amide bonds. The molecule has 1 N–H and O–H groups in total. The second kappa shape index (κ2) is 6.89. The maximum Gasteiger partial charge on any atom is 0.302 e. The van der Waals surface area contributed by atoms with Gasteiger partial charge in [-0.3, -0.25) is 14.9 Å². The number of piperidine rings is 1. The number of carbonyl (C=O) groups is 2. The van der Waals surface area contributed by atoms with Gasteiger partial charge in [-0.25, -0.2) is 0 Å². The van der Waals surface area contributed by atoms with Gasteiger partial charge in [0, 0.05) is 31.5 Å². The number of anilines is 1. The van der Waals surface area contributed by atoms with Crippen molar-refractivity contribution in [1.82, 2.24) is 9.88 Å². The van der Waals surface area contributed by atoms with Gasteiger partial charge in [-0.2, -0.15) is 4.98 Å². The Morgan fingerprint density at radius 3 is 2.46 bits per heavy atom. The molecule has 0 unspecified atom stereocenters. The quantitative estimate of drug-likeness (QED) is 0.902. The number of likely N-dealkylation sites (tertiary alicyclic amines) is 1. The Morgan fingerprint density at radius 1 is 1.08 bits per heavy atom. The third kappa shape index (κ3) is 3.33. The Labute approximate surface area is 150 Å². The highest BCUT2D eigenvalue weighted by atomic mass is 16.7. The maximum absolute atomic E-state index is 12.6. The summed E-state index contributed by atoms with van der Waals surface area (Å²) in [7, 11) is 0. The lowest BCUT2D eigenvalue weighted by Crippen LogP contribution is -2.47.